The van der Waals surface area contributed by atoms with Gasteiger partial charge < -0.3 is 10.1 Å². The zero-order valence-electron chi connectivity index (χ0n) is 10.9. The van der Waals surface area contributed by atoms with Crippen LogP contribution in [0.4, 0.5) is 0 Å². The summed E-state index contributed by atoms with van der Waals surface area (Å²) >= 11 is 0. The highest BCUT2D eigenvalue weighted by molar-refractivity contribution is 5.08. The number of morpholine rings is 1. The Labute approximate surface area is 103 Å². The molecule has 0 saturated carbocycles. The SMILES string of the molecule is Cc1cc(CN(C)CC2CNCCO2)n(C)n1. The molecule has 96 valence electrons. The van der Waals surface area contributed by atoms with Gasteiger partial charge in [-0.1, -0.05) is 0 Å². The van der Waals surface area contributed by atoms with Gasteiger partial charge in [0.1, 0.15) is 0 Å². The Morgan fingerprint density at radius 3 is 3.06 bits per heavy atom. The van der Waals surface area contributed by atoms with Crippen molar-refractivity contribution in [1.29, 1.82) is 0 Å². The van der Waals surface area contributed by atoms with Gasteiger partial charge in [-0.25, -0.2) is 0 Å². The molecule has 0 radical (unpaired) electrons. The minimum atomic E-state index is 0.308. The van der Waals surface area contributed by atoms with Crippen LogP contribution in [0.3, 0.4) is 0 Å². The quantitative estimate of drug-likeness (QED) is 0.811. The smallest absolute Gasteiger partial charge is 0.0826 e. The molecule has 2 rings (SSSR count). The maximum atomic E-state index is 5.70. The largest absolute Gasteiger partial charge is 0.374 e. The third kappa shape index (κ3) is 3.52. The predicted molar refractivity (Wildman–Crippen MR) is 66.9 cm³/mol. The van der Waals surface area contributed by atoms with Crippen molar-refractivity contribution in [2.24, 2.45) is 7.05 Å². The van der Waals surface area contributed by atoms with E-state index in [1.54, 1.807) is 0 Å². The van der Waals surface area contributed by atoms with E-state index in [0.717, 1.165) is 38.5 Å². The van der Waals surface area contributed by atoms with Gasteiger partial charge in [-0.05, 0) is 20.0 Å². The molecule has 17 heavy (non-hydrogen) atoms. The summed E-state index contributed by atoms with van der Waals surface area (Å²) in [6, 6.07) is 2.14. The Kier molecular flexibility index (Phi) is 4.15. The van der Waals surface area contributed by atoms with E-state index in [9.17, 15) is 0 Å². The highest BCUT2D eigenvalue weighted by atomic mass is 16.5. The molecule has 1 saturated heterocycles. The average Bonchev–Trinajstić information content (AvgIpc) is 2.58. The Hall–Kier alpha value is -0.910. The Balaban J connectivity index is 1.83. The van der Waals surface area contributed by atoms with Gasteiger partial charge in [0.05, 0.1) is 24.1 Å². The van der Waals surface area contributed by atoms with E-state index >= 15 is 0 Å². The number of hydrogen-bond donors (Lipinski definition) is 1. The molecular formula is C12H22N4O. The minimum absolute atomic E-state index is 0.308. The fourth-order valence-electron chi connectivity index (χ4n) is 2.24. The van der Waals surface area contributed by atoms with E-state index in [2.05, 4.69) is 28.4 Å². The fraction of sp³-hybridized carbons (Fsp3) is 0.750. The van der Waals surface area contributed by atoms with Crippen molar-refractivity contribution in [3.05, 3.63) is 17.5 Å². The molecule has 1 aliphatic heterocycles. The number of rotatable bonds is 4. The van der Waals surface area contributed by atoms with E-state index in [0.29, 0.717) is 6.10 Å². The monoisotopic (exact) mass is 238 g/mol. The molecule has 5 nitrogen and oxygen atoms in total. The minimum Gasteiger partial charge on any atom is -0.374 e. The first-order valence-corrected chi connectivity index (χ1v) is 6.15. The maximum Gasteiger partial charge on any atom is 0.0826 e. The van der Waals surface area contributed by atoms with Crippen molar-refractivity contribution < 1.29 is 4.74 Å². The first-order chi connectivity index (χ1) is 8.15. The lowest BCUT2D eigenvalue weighted by Gasteiger charge is -2.27. The molecule has 1 aliphatic rings. The summed E-state index contributed by atoms with van der Waals surface area (Å²) in [5.74, 6) is 0. The van der Waals surface area contributed by atoms with Crippen LogP contribution in [0.15, 0.2) is 6.07 Å². The van der Waals surface area contributed by atoms with E-state index in [1.807, 2.05) is 18.7 Å². The third-order valence-corrected chi connectivity index (χ3v) is 3.05. The molecule has 1 aromatic heterocycles. The first-order valence-electron chi connectivity index (χ1n) is 6.15. The van der Waals surface area contributed by atoms with Crippen LogP contribution in [0.25, 0.3) is 0 Å². The topological polar surface area (TPSA) is 42.3 Å². The molecule has 0 spiro atoms. The normalized spacial score (nSPS) is 21.1. The molecule has 1 aromatic rings. The van der Waals surface area contributed by atoms with Crippen LogP contribution in [0.5, 0.6) is 0 Å². The summed E-state index contributed by atoms with van der Waals surface area (Å²) in [7, 11) is 4.12. The summed E-state index contributed by atoms with van der Waals surface area (Å²) in [5, 5.41) is 7.71. The molecule has 0 bridgehead atoms. The number of ether oxygens (including phenoxy) is 1. The van der Waals surface area contributed by atoms with Gasteiger partial charge in [0, 0.05) is 33.2 Å². The first kappa shape index (κ1) is 12.5. The molecule has 1 fully saturated rings. The highest BCUT2D eigenvalue weighted by Crippen LogP contribution is 2.06. The van der Waals surface area contributed by atoms with Crippen molar-refractivity contribution in [3.8, 4) is 0 Å². The lowest BCUT2D eigenvalue weighted by molar-refractivity contribution is 0.00852. The second kappa shape index (κ2) is 5.62. The lowest BCUT2D eigenvalue weighted by Crippen LogP contribution is -2.44. The molecule has 1 N–H and O–H groups in total. The molecule has 0 aliphatic carbocycles. The number of nitrogens with zero attached hydrogens (tertiary/aromatic N) is 3. The third-order valence-electron chi connectivity index (χ3n) is 3.05. The number of nitrogens with one attached hydrogen (secondary N) is 1. The van der Waals surface area contributed by atoms with Gasteiger partial charge >= 0.3 is 0 Å². The van der Waals surface area contributed by atoms with Crippen LogP contribution in [-0.4, -0.2) is 54.1 Å². The fourth-order valence-corrected chi connectivity index (χ4v) is 2.24. The Morgan fingerprint density at radius 1 is 1.65 bits per heavy atom. The molecule has 1 atom stereocenters. The van der Waals surface area contributed by atoms with Gasteiger partial charge in [0.2, 0.25) is 0 Å². The second-order valence-electron chi connectivity index (χ2n) is 4.79. The van der Waals surface area contributed by atoms with Crippen molar-refractivity contribution in [2.75, 3.05) is 33.3 Å². The highest BCUT2D eigenvalue weighted by Gasteiger charge is 2.16. The number of likely N-dealkylation sites (N-methyl/N-ethyl adjacent to an activating group) is 1. The number of hydrogen-bond acceptors (Lipinski definition) is 4. The van der Waals surface area contributed by atoms with Crippen LogP contribution in [0.2, 0.25) is 0 Å². The predicted octanol–water partition coefficient (Wildman–Crippen LogP) is 0.149. The van der Waals surface area contributed by atoms with E-state index < -0.39 is 0 Å². The average molecular weight is 238 g/mol. The lowest BCUT2D eigenvalue weighted by atomic mass is 10.2. The Morgan fingerprint density at radius 2 is 2.47 bits per heavy atom. The van der Waals surface area contributed by atoms with Gasteiger partial charge in [-0.15, -0.1) is 0 Å². The van der Waals surface area contributed by atoms with Crippen molar-refractivity contribution >= 4 is 0 Å². The summed E-state index contributed by atoms with van der Waals surface area (Å²) in [6.07, 6.45) is 0.308. The second-order valence-corrected chi connectivity index (χ2v) is 4.79. The summed E-state index contributed by atoms with van der Waals surface area (Å²) in [6.45, 7) is 6.64. The van der Waals surface area contributed by atoms with Crippen LogP contribution < -0.4 is 5.32 Å². The van der Waals surface area contributed by atoms with Crippen LogP contribution in [-0.2, 0) is 18.3 Å². The maximum absolute atomic E-state index is 5.70. The van der Waals surface area contributed by atoms with Crippen LogP contribution >= 0.6 is 0 Å². The van der Waals surface area contributed by atoms with Gasteiger partial charge in [-0.2, -0.15) is 5.10 Å². The summed E-state index contributed by atoms with van der Waals surface area (Å²) in [5.41, 5.74) is 2.32. The number of aryl methyl sites for hydroxylation is 2. The molecule has 2 heterocycles. The van der Waals surface area contributed by atoms with Crippen LogP contribution in [0.1, 0.15) is 11.4 Å². The van der Waals surface area contributed by atoms with Crippen molar-refractivity contribution in [1.82, 2.24) is 20.0 Å². The van der Waals surface area contributed by atoms with E-state index in [4.69, 9.17) is 4.74 Å². The zero-order chi connectivity index (χ0) is 12.3. The molecule has 5 heteroatoms. The standard InChI is InChI=1S/C12H22N4O/c1-10-6-11(16(3)14-10)8-15(2)9-12-7-13-4-5-17-12/h6,12-13H,4-5,7-9H2,1-3H3. The van der Waals surface area contributed by atoms with Gasteiger partial charge in [-0.3, -0.25) is 9.58 Å². The zero-order valence-corrected chi connectivity index (χ0v) is 10.9. The van der Waals surface area contributed by atoms with Crippen molar-refractivity contribution in [3.63, 3.8) is 0 Å². The van der Waals surface area contributed by atoms with E-state index in [1.165, 1.54) is 5.69 Å². The Bertz CT molecular complexity index is 357. The number of aromatic nitrogens is 2. The molecule has 0 amide bonds. The van der Waals surface area contributed by atoms with Gasteiger partial charge in [0.25, 0.3) is 0 Å². The molecular weight excluding hydrogens is 216 g/mol. The summed E-state index contributed by atoms with van der Waals surface area (Å²) in [4.78, 5) is 2.29. The van der Waals surface area contributed by atoms with Gasteiger partial charge in [0.15, 0.2) is 0 Å². The van der Waals surface area contributed by atoms with Crippen LogP contribution in [0, 0.1) is 6.92 Å². The summed E-state index contributed by atoms with van der Waals surface area (Å²) < 4.78 is 7.65. The van der Waals surface area contributed by atoms with Crippen molar-refractivity contribution in [2.45, 2.75) is 19.6 Å². The van der Waals surface area contributed by atoms with E-state index in [-0.39, 0.29) is 0 Å². The molecule has 1 unspecified atom stereocenters. The molecule has 0 aromatic carbocycles.